The van der Waals surface area contributed by atoms with E-state index >= 15 is 0 Å². The van der Waals surface area contributed by atoms with Gasteiger partial charge in [0.25, 0.3) is 0 Å². The van der Waals surface area contributed by atoms with Crippen molar-refractivity contribution in [3.8, 4) is 0 Å². The third-order valence-electron chi connectivity index (χ3n) is 3.28. The van der Waals surface area contributed by atoms with E-state index in [0.29, 0.717) is 19.1 Å². The minimum atomic E-state index is -3.70. The topological polar surface area (TPSA) is 83.6 Å². The summed E-state index contributed by atoms with van der Waals surface area (Å²) < 4.78 is 47.6. The van der Waals surface area contributed by atoms with Crippen LogP contribution in [0.3, 0.4) is 0 Å². The van der Waals surface area contributed by atoms with Crippen molar-refractivity contribution in [3.05, 3.63) is 0 Å². The van der Waals surface area contributed by atoms with Gasteiger partial charge in [0.1, 0.15) is 0 Å². The molecule has 0 aromatic heterocycles. The van der Waals surface area contributed by atoms with Crippen LogP contribution < -0.4 is 5.32 Å². The maximum atomic E-state index is 12.0. The molecule has 0 saturated carbocycles. The summed E-state index contributed by atoms with van der Waals surface area (Å²) in [6.45, 7) is 5.78. The number of sulfone groups is 1. The molecule has 1 heterocycles. The first-order chi connectivity index (χ1) is 8.65. The molecule has 1 saturated heterocycles. The zero-order valence-corrected chi connectivity index (χ0v) is 13.4. The number of piperidine rings is 1. The third kappa shape index (κ3) is 5.37. The summed E-state index contributed by atoms with van der Waals surface area (Å²) in [6.07, 6.45) is 2.72. The Kier molecular flexibility index (Phi) is 5.78. The van der Waals surface area contributed by atoms with Crippen molar-refractivity contribution in [2.75, 3.05) is 31.0 Å². The highest BCUT2D eigenvalue weighted by molar-refractivity contribution is 8.06. The smallest absolute Gasteiger partial charge is 0.228 e. The molecule has 1 aliphatic rings. The summed E-state index contributed by atoms with van der Waals surface area (Å²) in [7, 11) is -7.22. The monoisotopic (exact) mass is 312 g/mol. The van der Waals surface area contributed by atoms with Crippen LogP contribution >= 0.6 is 0 Å². The molecule has 1 fully saturated rings. The first kappa shape index (κ1) is 16.9. The fraction of sp³-hybridized carbons (Fsp3) is 1.00. The lowest BCUT2D eigenvalue weighted by molar-refractivity contribution is 0.221. The molecule has 1 aliphatic heterocycles. The van der Waals surface area contributed by atoms with Crippen LogP contribution in [-0.2, 0) is 19.9 Å². The van der Waals surface area contributed by atoms with Crippen molar-refractivity contribution in [1.29, 1.82) is 0 Å². The Morgan fingerprint density at radius 3 is 2.37 bits per heavy atom. The van der Waals surface area contributed by atoms with E-state index in [9.17, 15) is 16.8 Å². The van der Waals surface area contributed by atoms with E-state index in [4.69, 9.17) is 0 Å². The second-order valence-electron chi connectivity index (χ2n) is 5.34. The molecule has 19 heavy (non-hydrogen) atoms. The molecule has 0 aliphatic carbocycles. The minimum Gasteiger partial charge on any atom is -0.314 e. The molecule has 0 spiro atoms. The molecule has 0 radical (unpaired) electrons. The molecule has 6 nitrogen and oxygen atoms in total. The largest absolute Gasteiger partial charge is 0.314 e. The van der Waals surface area contributed by atoms with E-state index in [1.807, 2.05) is 6.92 Å². The molecule has 114 valence electrons. The predicted molar refractivity (Wildman–Crippen MR) is 76.1 cm³/mol. The molecule has 0 amide bonds. The van der Waals surface area contributed by atoms with Gasteiger partial charge in [-0.25, -0.2) is 21.1 Å². The SMILES string of the molecule is CCCNC1CCN(S(=O)(=O)CS(C)(=O)=O)CC1C. The standard InChI is InChI=1S/C11H24N2O4S2/c1-4-6-12-11-5-7-13(8-10(11)2)19(16,17)9-18(3,14)15/h10-12H,4-9H2,1-3H3. The van der Waals surface area contributed by atoms with Crippen LogP contribution in [0.15, 0.2) is 0 Å². The van der Waals surface area contributed by atoms with Crippen LogP contribution in [0.5, 0.6) is 0 Å². The average Bonchev–Trinajstić information content (AvgIpc) is 2.24. The van der Waals surface area contributed by atoms with Gasteiger partial charge in [0.05, 0.1) is 0 Å². The van der Waals surface area contributed by atoms with Crippen molar-refractivity contribution in [3.63, 3.8) is 0 Å². The second kappa shape index (κ2) is 6.51. The van der Waals surface area contributed by atoms with Gasteiger partial charge in [-0.2, -0.15) is 0 Å². The molecule has 2 atom stereocenters. The van der Waals surface area contributed by atoms with Gasteiger partial charge in [-0.3, -0.25) is 0 Å². The summed E-state index contributed by atoms with van der Waals surface area (Å²) >= 11 is 0. The van der Waals surface area contributed by atoms with Gasteiger partial charge >= 0.3 is 0 Å². The fourth-order valence-corrected chi connectivity index (χ4v) is 5.94. The Balaban J connectivity index is 2.65. The molecular weight excluding hydrogens is 288 g/mol. The van der Waals surface area contributed by atoms with E-state index < -0.39 is 24.9 Å². The normalized spacial score (nSPS) is 26.5. The fourth-order valence-electron chi connectivity index (χ4n) is 2.34. The van der Waals surface area contributed by atoms with Gasteiger partial charge in [0.15, 0.2) is 14.9 Å². The molecule has 0 bridgehead atoms. The number of hydrogen-bond acceptors (Lipinski definition) is 5. The Hall–Kier alpha value is -0.180. The van der Waals surface area contributed by atoms with Crippen LogP contribution in [0, 0.1) is 5.92 Å². The lowest BCUT2D eigenvalue weighted by Crippen LogP contribution is -2.51. The molecule has 1 N–H and O–H groups in total. The number of sulfonamides is 1. The van der Waals surface area contributed by atoms with Crippen molar-refractivity contribution in [1.82, 2.24) is 9.62 Å². The highest BCUT2D eigenvalue weighted by atomic mass is 32.3. The highest BCUT2D eigenvalue weighted by Crippen LogP contribution is 2.20. The van der Waals surface area contributed by atoms with Crippen LogP contribution in [0.25, 0.3) is 0 Å². The van der Waals surface area contributed by atoms with E-state index in [0.717, 1.165) is 25.6 Å². The Bertz CT molecular complexity index is 487. The lowest BCUT2D eigenvalue weighted by atomic mass is 9.95. The molecule has 0 aromatic rings. The maximum absolute atomic E-state index is 12.0. The van der Waals surface area contributed by atoms with Gasteiger partial charge < -0.3 is 5.32 Å². The summed E-state index contributed by atoms with van der Waals surface area (Å²) in [4.78, 5) is 0. The quantitative estimate of drug-likeness (QED) is 0.748. The average molecular weight is 312 g/mol. The third-order valence-corrected chi connectivity index (χ3v) is 7.30. The molecule has 0 aromatic carbocycles. The van der Waals surface area contributed by atoms with Crippen molar-refractivity contribution < 1.29 is 16.8 Å². The molecule has 2 unspecified atom stereocenters. The van der Waals surface area contributed by atoms with Crippen molar-refractivity contribution in [2.24, 2.45) is 5.92 Å². The summed E-state index contributed by atoms with van der Waals surface area (Å²) in [5.74, 6) is 0.189. The van der Waals surface area contributed by atoms with Gasteiger partial charge in [-0.15, -0.1) is 0 Å². The molecule has 8 heteroatoms. The summed E-state index contributed by atoms with van der Waals surface area (Å²) in [6, 6.07) is 0.310. The Morgan fingerprint density at radius 1 is 1.26 bits per heavy atom. The number of nitrogens with zero attached hydrogens (tertiary/aromatic N) is 1. The lowest BCUT2D eigenvalue weighted by Gasteiger charge is -2.36. The van der Waals surface area contributed by atoms with E-state index in [1.165, 1.54) is 4.31 Å². The van der Waals surface area contributed by atoms with Crippen molar-refractivity contribution in [2.45, 2.75) is 32.7 Å². The zero-order valence-electron chi connectivity index (χ0n) is 11.8. The van der Waals surface area contributed by atoms with E-state index in [2.05, 4.69) is 12.2 Å². The van der Waals surface area contributed by atoms with Crippen LogP contribution in [0.4, 0.5) is 0 Å². The van der Waals surface area contributed by atoms with Gasteiger partial charge in [0.2, 0.25) is 10.0 Å². The van der Waals surface area contributed by atoms with Gasteiger partial charge in [-0.05, 0) is 25.3 Å². The zero-order chi connectivity index (χ0) is 14.7. The number of nitrogens with one attached hydrogen (secondary N) is 1. The van der Waals surface area contributed by atoms with Crippen LogP contribution in [0.2, 0.25) is 0 Å². The van der Waals surface area contributed by atoms with Gasteiger partial charge in [-0.1, -0.05) is 13.8 Å². The van der Waals surface area contributed by atoms with Crippen LogP contribution in [-0.4, -0.2) is 58.2 Å². The number of hydrogen-bond donors (Lipinski definition) is 1. The van der Waals surface area contributed by atoms with E-state index in [-0.39, 0.29) is 5.92 Å². The van der Waals surface area contributed by atoms with Gasteiger partial charge in [0, 0.05) is 25.4 Å². The minimum absolute atomic E-state index is 0.189. The maximum Gasteiger partial charge on any atom is 0.228 e. The Morgan fingerprint density at radius 2 is 1.89 bits per heavy atom. The first-order valence-corrected chi connectivity index (χ1v) is 10.2. The van der Waals surface area contributed by atoms with Crippen LogP contribution in [0.1, 0.15) is 26.7 Å². The van der Waals surface area contributed by atoms with E-state index in [1.54, 1.807) is 0 Å². The second-order valence-corrected chi connectivity index (χ2v) is 9.81. The number of rotatable bonds is 6. The molecular formula is C11H24N2O4S2. The summed E-state index contributed by atoms with van der Waals surface area (Å²) in [5, 5.41) is 2.61. The predicted octanol–water partition coefficient (Wildman–Crippen LogP) is 0.0283. The summed E-state index contributed by atoms with van der Waals surface area (Å²) in [5.41, 5.74) is 0. The highest BCUT2D eigenvalue weighted by Gasteiger charge is 2.33. The first-order valence-electron chi connectivity index (χ1n) is 6.54. The van der Waals surface area contributed by atoms with Crippen molar-refractivity contribution >= 4 is 19.9 Å². The molecule has 1 rings (SSSR count). The Labute approximate surface area is 116 Å².